The van der Waals surface area contributed by atoms with Gasteiger partial charge < -0.3 is 5.32 Å². The van der Waals surface area contributed by atoms with Crippen molar-refractivity contribution in [1.29, 1.82) is 0 Å². The molecule has 4 unspecified atom stereocenters. The van der Waals surface area contributed by atoms with E-state index in [0.29, 0.717) is 0 Å². The smallest absolute Gasteiger partial charge is 0.0252 e. The molecule has 3 aliphatic rings. The van der Waals surface area contributed by atoms with Crippen LogP contribution < -0.4 is 5.32 Å². The number of hydrogen-bond acceptors (Lipinski definition) is 2. The first-order chi connectivity index (χ1) is 8.77. The number of rotatable bonds is 2. The molecule has 0 bridgehead atoms. The van der Waals surface area contributed by atoms with Gasteiger partial charge in [0.05, 0.1) is 0 Å². The Labute approximate surface area is 113 Å². The predicted molar refractivity (Wildman–Crippen MR) is 76.7 cm³/mol. The SMILES string of the molecule is CC1CCCC(C)C1N1CCCC1C1CCCN1. The molecular weight excluding hydrogens is 220 g/mol. The molecule has 1 N–H and O–H groups in total. The fraction of sp³-hybridized carbons (Fsp3) is 1.00. The fourth-order valence-corrected chi connectivity index (χ4v) is 4.97. The van der Waals surface area contributed by atoms with Crippen molar-refractivity contribution < 1.29 is 0 Å². The van der Waals surface area contributed by atoms with Crippen LogP contribution in [0.1, 0.15) is 58.8 Å². The molecule has 3 rings (SSSR count). The molecule has 3 fully saturated rings. The van der Waals surface area contributed by atoms with Crippen LogP contribution in [0.15, 0.2) is 0 Å². The van der Waals surface area contributed by atoms with Crippen molar-refractivity contribution in [2.75, 3.05) is 13.1 Å². The van der Waals surface area contributed by atoms with Gasteiger partial charge in [-0.15, -0.1) is 0 Å². The van der Waals surface area contributed by atoms with E-state index in [1.54, 1.807) is 0 Å². The lowest BCUT2D eigenvalue weighted by atomic mass is 9.77. The molecule has 0 radical (unpaired) electrons. The van der Waals surface area contributed by atoms with Gasteiger partial charge in [0, 0.05) is 18.1 Å². The highest BCUT2D eigenvalue weighted by atomic mass is 15.2. The molecule has 0 aromatic carbocycles. The molecule has 1 aliphatic carbocycles. The zero-order chi connectivity index (χ0) is 12.5. The van der Waals surface area contributed by atoms with E-state index in [9.17, 15) is 0 Å². The van der Waals surface area contributed by atoms with Crippen LogP contribution in [0.25, 0.3) is 0 Å². The van der Waals surface area contributed by atoms with Crippen LogP contribution in [0, 0.1) is 11.8 Å². The van der Waals surface area contributed by atoms with Gasteiger partial charge in [0.25, 0.3) is 0 Å². The molecule has 2 saturated heterocycles. The summed E-state index contributed by atoms with van der Waals surface area (Å²) in [7, 11) is 0. The van der Waals surface area contributed by atoms with Crippen LogP contribution in [-0.2, 0) is 0 Å². The molecule has 2 heteroatoms. The number of likely N-dealkylation sites (tertiary alicyclic amines) is 1. The summed E-state index contributed by atoms with van der Waals surface area (Å²) in [5.41, 5.74) is 0. The summed E-state index contributed by atoms with van der Waals surface area (Å²) in [4.78, 5) is 2.91. The Morgan fingerprint density at radius 3 is 2.33 bits per heavy atom. The molecule has 4 atom stereocenters. The van der Waals surface area contributed by atoms with Crippen molar-refractivity contribution in [2.45, 2.75) is 76.9 Å². The van der Waals surface area contributed by atoms with Crippen LogP contribution in [0.3, 0.4) is 0 Å². The molecule has 104 valence electrons. The summed E-state index contributed by atoms with van der Waals surface area (Å²) in [5.74, 6) is 1.83. The van der Waals surface area contributed by atoms with Gasteiger partial charge in [-0.3, -0.25) is 4.90 Å². The first-order valence-electron chi connectivity index (χ1n) is 8.26. The van der Waals surface area contributed by atoms with Crippen molar-refractivity contribution in [3.63, 3.8) is 0 Å². The summed E-state index contributed by atoms with van der Waals surface area (Å²) in [6, 6.07) is 2.52. The lowest BCUT2D eigenvalue weighted by Crippen LogP contribution is -2.53. The van der Waals surface area contributed by atoms with Gasteiger partial charge >= 0.3 is 0 Å². The van der Waals surface area contributed by atoms with Crippen LogP contribution in [0.2, 0.25) is 0 Å². The average Bonchev–Trinajstić information content (AvgIpc) is 2.98. The number of nitrogens with one attached hydrogen (secondary N) is 1. The van der Waals surface area contributed by atoms with Gasteiger partial charge in [0.2, 0.25) is 0 Å². The minimum atomic E-state index is 0.800. The summed E-state index contributed by atoms with van der Waals surface area (Å²) < 4.78 is 0. The second kappa shape index (κ2) is 5.50. The third-order valence-electron chi connectivity index (χ3n) is 5.77. The standard InChI is InChI=1S/C16H30N2/c1-12-6-3-7-13(2)16(12)18-11-5-9-15(18)14-8-4-10-17-14/h12-17H,3-11H2,1-2H3. The Morgan fingerprint density at radius 1 is 0.889 bits per heavy atom. The van der Waals surface area contributed by atoms with Gasteiger partial charge in [0.1, 0.15) is 0 Å². The minimum Gasteiger partial charge on any atom is -0.312 e. The highest BCUT2D eigenvalue weighted by Gasteiger charge is 2.41. The lowest BCUT2D eigenvalue weighted by Gasteiger charge is -2.45. The van der Waals surface area contributed by atoms with Crippen molar-refractivity contribution >= 4 is 0 Å². The summed E-state index contributed by atoms with van der Waals surface area (Å²) in [5, 5.41) is 3.76. The third-order valence-corrected chi connectivity index (χ3v) is 5.77. The molecule has 0 amide bonds. The van der Waals surface area contributed by atoms with Gasteiger partial charge in [-0.1, -0.05) is 20.3 Å². The van der Waals surface area contributed by atoms with Crippen molar-refractivity contribution in [2.24, 2.45) is 11.8 Å². The Hall–Kier alpha value is -0.0800. The second-order valence-corrected chi connectivity index (χ2v) is 7.03. The Kier molecular flexibility index (Phi) is 3.95. The predicted octanol–water partition coefficient (Wildman–Crippen LogP) is 3.03. The molecule has 2 aliphatic heterocycles. The summed E-state index contributed by atoms with van der Waals surface area (Å²) in [6.07, 6.45) is 10.0. The maximum absolute atomic E-state index is 3.76. The quantitative estimate of drug-likeness (QED) is 0.810. The van der Waals surface area contributed by atoms with Crippen molar-refractivity contribution in [3.8, 4) is 0 Å². The van der Waals surface area contributed by atoms with E-state index in [2.05, 4.69) is 24.1 Å². The fourth-order valence-electron chi connectivity index (χ4n) is 4.97. The van der Waals surface area contributed by atoms with E-state index in [1.165, 1.54) is 58.0 Å². The third kappa shape index (κ3) is 2.34. The molecule has 1 saturated carbocycles. The molecular formula is C16H30N2. The summed E-state index contributed by atoms with van der Waals surface area (Å²) in [6.45, 7) is 7.61. The van der Waals surface area contributed by atoms with E-state index in [1.807, 2.05) is 0 Å². The molecule has 2 nitrogen and oxygen atoms in total. The Bertz CT molecular complexity index is 262. The van der Waals surface area contributed by atoms with E-state index in [4.69, 9.17) is 0 Å². The monoisotopic (exact) mass is 250 g/mol. The van der Waals surface area contributed by atoms with E-state index < -0.39 is 0 Å². The van der Waals surface area contributed by atoms with Gasteiger partial charge in [-0.25, -0.2) is 0 Å². The molecule has 18 heavy (non-hydrogen) atoms. The largest absolute Gasteiger partial charge is 0.312 e. The molecule has 0 spiro atoms. The van der Waals surface area contributed by atoms with Gasteiger partial charge in [0.15, 0.2) is 0 Å². The van der Waals surface area contributed by atoms with E-state index in [0.717, 1.165) is 30.0 Å². The Morgan fingerprint density at radius 2 is 1.67 bits per heavy atom. The van der Waals surface area contributed by atoms with Crippen molar-refractivity contribution in [1.82, 2.24) is 10.2 Å². The topological polar surface area (TPSA) is 15.3 Å². The minimum absolute atomic E-state index is 0.800. The maximum Gasteiger partial charge on any atom is 0.0252 e. The van der Waals surface area contributed by atoms with Crippen LogP contribution in [0.5, 0.6) is 0 Å². The zero-order valence-electron chi connectivity index (χ0n) is 12.2. The first kappa shape index (κ1) is 12.9. The van der Waals surface area contributed by atoms with Gasteiger partial charge in [-0.05, 0) is 63.5 Å². The van der Waals surface area contributed by atoms with E-state index >= 15 is 0 Å². The Balaban J connectivity index is 1.72. The number of hydrogen-bond donors (Lipinski definition) is 1. The zero-order valence-corrected chi connectivity index (χ0v) is 12.2. The van der Waals surface area contributed by atoms with Crippen LogP contribution in [0.4, 0.5) is 0 Å². The first-order valence-corrected chi connectivity index (χ1v) is 8.26. The number of nitrogens with zero attached hydrogens (tertiary/aromatic N) is 1. The normalized spacial score (nSPS) is 46.7. The second-order valence-electron chi connectivity index (χ2n) is 7.03. The maximum atomic E-state index is 3.76. The summed E-state index contributed by atoms with van der Waals surface area (Å²) >= 11 is 0. The highest BCUT2D eigenvalue weighted by molar-refractivity contribution is 4.97. The lowest BCUT2D eigenvalue weighted by molar-refractivity contribution is 0.0486. The van der Waals surface area contributed by atoms with Crippen LogP contribution in [-0.4, -0.2) is 36.1 Å². The average molecular weight is 250 g/mol. The highest BCUT2D eigenvalue weighted by Crippen LogP contribution is 2.37. The van der Waals surface area contributed by atoms with Crippen molar-refractivity contribution in [3.05, 3.63) is 0 Å². The molecule has 2 heterocycles. The molecule has 0 aromatic heterocycles. The molecule has 0 aromatic rings. The van der Waals surface area contributed by atoms with Gasteiger partial charge in [-0.2, -0.15) is 0 Å². The van der Waals surface area contributed by atoms with E-state index in [-0.39, 0.29) is 0 Å². The van der Waals surface area contributed by atoms with Crippen LogP contribution >= 0.6 is 0 Å².